The molecule has 202 valence electrons. The van der Waals surface area contributed by atoms with Crippen LogP contribution in [-0.2, 0) is 30.1 Å². The highest BCUT2D eigenvalue weighted by Crippen LogP contribution is 2.43. The molecule has 2 heterocycles. The number of hydrogen-bond acceptors (Lipinski definition) is 6. The molecular weight excluding hydrogens is 517 g/mol. The van der Waals surface area contributed by atoms with E-state index < -0.39 is 41.4 Å². The number of nitrogens with one attached hydrogen (secondary N) is 3. The van der Waals surface area contributed by atoms with E-state index in [1.807, 2.05) is 6.07 Å². The maximum absolute atomic E-state index is 12.9. The van der Waals surface area contributed by atoms with Crippen LogP contribution in [0, 0.1) is 5.92 Å². The van der Waals surface area contributed by atoms with Crippen molar-refractivity contribution in [2.45, 2.75) is 43.8 Å². The molecule has 1 atom stereocenters. The lowest BCUT2D eigenvalue weighted by atomic mass is 9.71. The molecule has 5 amide bonds. The van der Waals surface area contributed by atoms with Crippen molar-refractivity contribution in [2.24, 2.45) is 5.92 Å². The van der Waals surface area contributed by atoms with Gasteiger partial charge in [0.15, 0.2) is 0 Å². The monoisotopic (exact) mass is 540 g/mol. The van der Waals surface area contributed by atoms with Crippen molar-refractivity contribution in [3.8, 4) is 0 Å². The van der Waals surface area contributed by atoms with E-state index in [4.69, 9.17) is 0 Å². The van der Waals surface area contributed by atoms with Crippen LogP contribution in [0.15, 0.2) is 60.3 Å². The van der Waals surface area contributed by atoms with E-state index in [2.05, 4.69) is 16.0 Å². The summed E-state index contributed by atoms with van der Waals surface area (Å²) in [6, 6.07) is 10.5. The van der Waals surface area contributed by atoms with E-state index >= 15 is 0 Å². The van der Waals surface area contributed by atoms with E-state index in [0.717, 1.165) is 28.7 Å². The predicted molar refractivity (Wildman–Crippen MR) is 132 cm³/mol. The van der Waals surface area contributed by atoms with E-state index in [1.54, 1.807) is 18.2 Å². The van der Waals surface area contributed by atoms with E-state index in [1.165, 1.54) is 12.1 Å². The van der Waals surface area contributed by atoms with E-state index in [-0.39, 0.29) is 42.0 Å². The zero-order valence-corrected chi connectivity index (χ0v) is 20.4. The molecule has 1 saturated carbocycles. The number of piperidine rings is 1. The highest BCUT2D eigenvalue weighted by Gasteiger charge is 2.42. The molecule has 5 rings (SSSR count). The van der Waals surface area contributed by atoms with Crippen LogP contribution in [0.2, 0.25) is 0 Å². The molecular formula is C27H23F3N4O5. The first-order valence-corrected chi connectivity index (χ1v) is 12.3. The number of anilines is 2. The lowest BCUT2D eigenvalue weighted by Crippen LogP contribution is -2.54. The second-order valence-corrected chi connectivity index (χ2v) is 9.72. The van der Waals surface area contributed by atoms with Gasteiger partial charge in [-0.1, -0.05) is 18.2 Å². The van der Waals surface area contributed by atoms with Crippen LogP contribution in [0.25, 0.3) is 0 Å². The minimum atomic E-state index is -4.50. The Morgan fingerprint density at radius 2 is 1.69 bits per heavy atom. The van der Waals surface area contributed by atoms with Gasteiger partial charge in [-0.25, -0.2) is 0 Å². The van der Waals surface area contributed by atoms with Gasteiger partial charge in [0.25, 0.3) is 11.8 Å². The second-order valence-electron chi connectivity index (χ2n) is 9.72. The molecule has 39 heavy (non-hydrogen) atoms. The Morgan fingerprint density at radius 3 is 2.41 bits per heavy atom. The molecule has 12 heteroatoms. The van der Waals surface area contributed by atoms with E-state index in [9.17, 15) is 37.1 Å². The molecule has 1 saturated heterocycles. The largest absolute Gasteiger partial charge is 0.416 e. The molecule has 0 aromatic heterocycles. The maximum Gasteiger partial charge on any atom is 0.416 e. The van der Waals surface area contributed by atoms with Gasteiger partial charge in [-0.15, -0.1) is 0 Å². The van der Waals surface area contributed by atoms with Crippen molar-refractivity contribution >= 4 is 40.9 Å². The summed E-state index contributed by atoms with van der Waals surface area (Å²) in [5.74, 6) is -3.16. The quantitative estimate of drug-likeness (QED) is 0.483. The van der Waals surface area contributed by atoms with Gasteiger partial charge in [0.2, 0.25) is 17.7 Å². The molecule has 2 aromatic carbocycles. The molecule has 0 bridgehead atoms. The average molecular weight is 540 g/mol. The summed E-state index contributed by atoms with van der Waals surface area (Å²) < 4.78 is 38.8. The van der Waals surface area contributed by atoms with Gasteiger partial charge in [-0.2, -0.15) is 13.2 Å². The predicted octanol–water partition coefficient (Wildman–Crippen LogP) is 3.31. The lowest BCUT2D eigenvalue weighted by Gasteiger charge is -2.34. The summed E-state index contributed by atoms with van der Waals surface area (Å²) >= 11 is 0. The number of alkyl halides is 3. The number of halogens is 3. The highest BCUT2D eigenvalue weighted by atomic mass is 19.4. The molecule has 2 aromatic rings. The van der Waals surface area contributed by atoms with Gasteiger partial charge in [0.1, 0.15) is 11.7 Å². The number of nitrogens with zero attached hydrogens (tertiary/aromatic N) is 1. The van der Waals surface area contributed by atoms with Crippen molar-refractivity contribution in [1.29, 1.82) is 0 Å². The Labute approximate surface area is 220 Å². The summed E-state index contributed by atoms with van der Waals surface area (Å²) in [6.45, 7) is 0. The standard InChI is InChI=1S/C27H23F3N4O5/c28-27(29,30)17-4-2-6-19(12-17)32-24(37)16-9-15(10-16)14-3-1-5-18(11-14)31-20-13-23(36)34(26(20)39)21-7-8-22(35)33-25(21)38/h1-6,11-13,15-16,21,31H,7-10H2,(H,32,37)(H,33,35,38). The third kappa shape index (κ3) is 5.40. The Balaban J connectivity index is 1.18. The molecule has 3 N–H and O–H groups in total. The summed E-state index contributed by atoms with van der Waals surface area (Å²) in [5, 5.41) is 7.61. The smallest absolute Gasteiger partial charge is 0.351 e. The number of imide groups is 2. The molecule has 1 unspecified atom stereocenters. The first-order valence-electron chi connectivity index (χ1n) is 12.3. The van der Waals surface area contributed by atoms with Gasteiger partial charge >= 0.3 is 6.18 Å². The summed E-state index contributed by atoms with van der Waals surface area (Å²) in [6.07, 6.45) is -2.32. The number of benzene rings is 2. The van der Waals surface area contributed by atoms with Crippen LogP contribution in [0.1, 0.15) is 42.7 Å². The zero-order valence-electron chi connectivity index (χ0n) is 20.4. The van der Waals surface area contributed by atoms with Crippen LogP contribution in [-0.4, -0.2) is 40.5 Å². The van der Waals surface area contributed by atoms with Crippen LogP contribution in [0.3, 0.4) is 0 Å². The normalized spacial score (nSPS) is 23.2. The second kappa shape index (κ2) is 10.0. The van der Waals surface area contributed by atoms with Gasteiger partial charge in [-0.05, 0) is 61.1 Å². The van der Waals surface area contributed by atoms with Crippen LogP contribution in [0.4, 0.5) is 24.5 Å². The maximum atomic E-state index is 12.9. The van der Waals surface area contributed by atoms with Gasteiger partial charge in [0, 0.05) is 29.8 Å². The number of hydrogen-bond donors (Lipinski definition) is 3. The van der Waals surface area contributed by atoms with Crippen molar-refractivity contribution in [1.82, 2.24) is 10.2 Å². The molecule has 1 aliphatic carbocycles. The Hall–Kier alpha value is -4.48. The van der Waals surface area contributed by atoms with Gasteiger partial charge in [0.05, 0.1) is 5.56 Å². The first-order chi connectivity index (χ1) is 18.5. The van der Waals surface area contributed by atoms with Gasteiger partial charge in [-0.3, -0.25) is 34.2 Å². The van der Waals surface area contributed by atoms with Crippen molar-refractivity contribution in [3.05, 3.63) is 71.4 Å². The molecule has 3 aliphatic rings. The van der Waals surface area contributed by atoms with Crippen LogP contribution >= 0.6 is 0 Å². The molecule has 0 radical (unpaired) electrons. The van der Waals surface area contributed by atoms with Crippen molar-refractivity contribution in [2.75, 3.05) is 10.6 Å². The number of rotatable bonds is 6. The minimum Gasteiger partial charge on any atom is -0.351 e. The lowest BCUT2D eigenvalue weighted by molar-refractivity contribution is -0.149. The van der Waals surface area contributed by atoms with E-state index in [0.29, 0.717) is 18.5 Å². The van der Waals surface area contributed by atoms with Gasteiger partial charge < -0.3 is 10.6 Å². The van der Waals surface area contributed by atoms with Crippen molar-refractivity contribution in [3.63, 3.8) is 0 Å². The highest BCUT2D eigenvalue weighted by molar-refractivity contribution is 6.20. The molecule has 2 fully saturated rings. The number of carbonyl (C=O) groups excluding carboxylic acids is 5. The fourth-order valence-electron chi connectivity index (χ4n) is 4.95. The Morgan fingerprint density at radius 1 is 0.974 bits per heavy atom. The summed E-state index contributed by atoms with van der Waals surface area (Å²) in [4.78, 5) is 62.3. The number of amides is 5. The Kier molecular flexibility index (Phi) is 6.71. The third-order valence-corrected chi connectivity index (χ3v) is 7.08. The molecule has 0 spiro atoms. The fraction of sp³-hybridized carbons (Fsp3) is 0.296. The fourth-order valence-corrected chi connectivity index (χ4v) is 4.95. The zero-order chi connectivity index (χ0) is 27.9. The first kappa shape index (κ1) is 26.1. The van der Waals surface area contributed by atoms with Crippen LogP contribution < -0.4 is 16.0 Å². The summed E-state index contributed by atoms with van der Waals surface area (Å²) in [7, 11) is 0. The van der Waals surface area contributed by atoms with Crippen LogP contribution in [0.5, 0.6) is 0 Å². The average Bonchev–Trinajstić information content (AvgIpc) is 3.11. The third-order valence-electron chi connectivity index (χ3n) is 7.08. The molecule has 9 nitrogen and oxygen atoms in total. The topological polar surface area (TPSA) is 125 Å². The Bertz CT molecular complexity index is 1410. The molecule has 2 aliphatic heterocycles. The number of carbonyl (C=O) groups is 5. The van der Waals surface area contributed by atoms with Crippen molar-refractivity contribution < 1.29 is 37.1 Å². The SMILES string of the molecule is O=C1CCC(N2C(=O)C=C(Nc3cccc(C4CC(C(=O)Nc5cccc(C(F)(F)F)c5)C4)c3)C2=O)C(=O)N1. The minimum absolute atomic E-state index is 0.00574. The summed E-state index contributed by atoms with van der Waals surface area (Å²) in [5.41, 5.74) is 0.659.